The number of benzene rings is 1. The van der Waals surface area contributed by atoms with Crippen molar-refractivity contribution in [3.05, 3.63) is 35.4 Å². The molecule has 0 amide bonds. The van der Waals surface area contributed by atoms with E-state index in [1.165, 1.54) is 24.3 Å². The molecule has 0 aliphatic rings. The third kappa shape index (κ3) is 34.9. The average Bonchev–Trinajstić information content (AvgIpc) is 2.36. The molecule has 0 aliphatic carbocycles. The summed E-state index contributed by atoms with van der Waals surface area (Å²) in [5, 5.41) is 41.1. The molecule has 0 aliphatic heterocycles. The van der Waals surface area contributed by atoms with Gasteiger partial charge in [-0.15, -0.1) is 0 Å². The molecule has 0 saturated carbocycles. The van der Waals surface area contributed by atoms with Gasteiger partial charge >= 0.3 is 11.9 Å². The van der Waals surface area contributed by atoms with Gasteiger partial charge in [-0.3, -0.25) is 0 Å². The minimum atomic E-state index is -1.06. The monoisotopic (exact) mass is 394 g/mol. The van der Waals surface area contributed by atoms with Crippen LogP contribution in [0, 0.1) is 0 Å². The molecule has 8 heteroatoms. The zero-order valence-electron chi connectivity index (χ0n) is 15.6. The molecule has 0 fully saturated rings. The van der Waals surface area contributed by atoms with E-state index in [0.717, 1.165) is 0 Å². The fourth-order valence-corrected chi connectivity index (χ4v) is 0.755. The molecule has 0 spiro atoms. The molecule has 1 aromatic rings. The van der Waals surface area contributed by atoms with Crippen LogP contribution in [0.25, 0.3) is 0 Å². The fraction of sp³-hybridized carbons (Fsp3) is 0.529. The minimum Gasteiger partial charge on any atom is -0.478 e. The van der Waals surface area contributed by atoms with E-state index in [1.54, 1.807) is 41.5 Å². The van der Waals surface area contributed by atoms with Crippen molar-refractivity contribution in [2.45, 2.75) is 59.9 Å². The van der Waals surface area contributed by atoms with Gasteiger partial charge in [-0.25, -0.2) is 9.59 Å². The second-order valence-corrected chi connectivity index (χ2v) is 5.47. The number of aliphatic hydroxyl groups excluding tert-OH is 3. The summed E-state index contributed by atoms with van der Waals surface area (Å²) in [6.07, 6.45) is -0.500. The molecular formula is C17H30O7Ti. The molecule has 144 valence electrons. The zero-order valence-corrected chi connectivity index (χ0v) is 17.2. The summed E-state index contributed by atoms with van der Waals surface area (Å²) in [6.45, 7) is 10.3. The average molecular weight is 394 g/mol. The molecule has 1 aromatic carbocycles. The number of aliphatic hydroxyl groups is 3. The Hall–Kier alpha value is -1.25. The maximum Gasteiger partial charge on any atom is 0.335 e. The van der Waals surface area contributed by atoms with Crippen molar-refractivity contribution in [2.75, 3.05) is 0 Å². The van der Waals surface area contributed by atoms with Gasteiger partial charge in [-0.1, -0.05) is 0 Å². The standard InChI is InChI=1S/C8H6O4.3C3H8O.Ti/c9-7(10)5-1-2-6(4-3-5)8(11)12;3*1-3(2)4;/h1-4H,(H,9,10)(H,11,12);3*3-4H,1-2H3;. The Morgan fingerprint density at radius 2 is 0.760 bits per heavy atom. The molecule has 1 rings (SSSR count). The maximum absolute atomic E-state index is 10.3. The minimum absolute atomic E-state index is 0. The number of carboxylic acid groups (broad SMARTS) is 2. The Labute approximate surface area is 164 Å². The Morgan fingerprint density at radius 1 is 0.640 bits per heavy atom. The molecule has 0 bridgehead atoms. The number of hydrogen-bond acceptors (Lipinski definition) is 5. The van der Waals surface area contributed by atoms with Crippen LogP contribution < -0.4 is 0 Å². The molecular weight excluding hydrogens is 364 g/mol. The van der Waals surface area contributed by atoms with Crippen molar-refractivity contribution in [3.63, 3.8) is 0 Å². The topological polar surface area (TPSA) is 135 Å². The Kier molecular flexibility index (Phi) is 24.1. The van der Waals surface area contributed by atoms with E-state index in [-0.39, 0.29) is 51.2 Å². The molecule has 0 radical (unpaired) electrons. The van der Waals surface area contributed by atoms with Crippen LogP contribution in [-0.2, 0) is 21.7 Å². The van der Waals surface area contributed by atoms with E-state index < -0.39 is 11.9 Å². The molecule has 25 heavy (non-hydrogen) atoms. The molecule has 7 nitrogen and oxygen atoms in total. The largest absolute Gasteiger partial charge is 0.478 e. The molecule has 0 saturated heterocycles. The van der Waals surface area contributed by atoms with Crippen LogP contribution in [0.4, 0.5) is 0 Å². The van der Waals surface area contributed by atoms with Crippen molar-refractivity contribution in [2.24, 2.45) is 0 Å². The Morgan fingerprint density at radius 3 is 0.840 bits per heavy atom. The number of rotatable bonds is 2. The predicted molar refractivity (Wildman–Crippen MR) is 92.4 cm³/mol. The summed E-state index contributed by atoms with van der Waals surface area (Å²) in [7, 11) is 0. The number of hydrogen-bond donors (Lipinski definition) is 5. The first kappa shape index (κ1) is 31.5. The van der Waals surface area contributed by atoms with Gasteiger partial charge in [0.15, 0.2) is 0 Å². The third-order valence-corrected chi connectivity index (χ3v) is 1.38. The van der Waals surface area contributed by atoms with Crippen LogP contribution in [0.2, 0.25) is 0 Å². The van der Waals surface area contributed by atoms with Gasteiger partial charge < -0.3 is 25.5 Å². The van der Waals surface area contributed by atoms with Crippen LogP contribution in [0.1, 0.15) is 62.3 Å². The Bertz CT molecular complexity index is 387. The van der Waals surface area contributed by atoms with Crippen LogP contribution in [-0.4, -0.2) is 55.8 Å². The molecule has 0 atom stereocenters. The van der Waals surface area contributed by atoms with Gasteiger partial charge in [0.25, 0.3) is 0 Å². The second kappa shape index (κ2) is 19.1. The van der Waals surface area contributed by atoms with Crippen molar-refractivity contribution < 1.29 is 56.8 Å². The van der Waals surface area contributed by atoms with Gasteiger partial charge in [-0.05, 0) is 65.8 Å². The quantitative estimate of drug-likeness (QED) is 0.486. The van der Waals surface area contributed by atoms with Crippen LogP contribution >= 0.6 is 0 Å². The summed E-state index contributed by atoms with van der Waals surface area (Å²) < 4.78 is 0. The molecule has 0 unspecified atom stereocenters. The van der Waals surface area contributed by atoms with Crippen LogP contribution in [0.5, 0.6) is 0 Å². The first-order valence-electron chi connectivity index (χ1n) is 7.42. The van der Waals surface area contributed by atoms with E-state index in [0.29, 0.717) is 0 Å². The SMILES string of the molecule is CC(C)O.CC(C)O.CC(C)O.O=C(O)c1ccc(C(=O)O)cc1.[Ti]. The molecule has 5 N–H and O–H groups in total. The van der Waals surface area contributed by atoms with Crippen molar-refractivity contribution in [3.8, 4) is 0 Å². The normalized spacial score (nSPS) is 8.80. The van der Waals surface area contributed by atoms with Gasteiger partial charge in [0.2, 0.25) is 0 Å². The van der Waals surface area contributed by atoms with Crippen molar-refractivity contribution in [1.82, 2.24) is 0 Å². The van der Waals surface area contributed by atoms with Crippen molar-refractivity contribution >= 4 is 11.9 Å². The number of aromatic carboxylic acids is 2. The summed E-state index contributed by atoms with van der Waals surface area (Å²) >= 11 is 0. The summed E-state index contributed by atoms with van der Waals surface area (Å²) in [5.41, 5.74) is 0.167. The van der Waals surface area contributed by atoms with Gasteiger partial charge in [-0.2, -0.15) is 0 Å². The van der Waals surface area contributed by atoms with Crippen LogP contribution in [0.3, 0.4) is 0 Å². The van der Waals surface area contributed by atoms with E-state index in [1.807, 2.05) is 0 Å². The smallest absolute Gasteiger partial charge is 0.335 e. The maximum atomic E-state index is 10.3. The zero-order chi connectivity index (χ0) is 19.9. The second-order valence-electron chi connectivity index (χ2n) is 5.47. The van der Waals surface area contributed by atoms with Crippen LogP contribution in [0.15, 0.2) is 24.3 Å². The van der Waals surface area contributed by atoms with E-state index in [2.05, 4.69) is 0 Å². The molecule has 0 aromatic heterocycles. The fourth-order valence-electron chi connectivity index (χ4n) is 0.755. The first-order valence-corrected chi connectivity index (χ1v) is 7.42. The number of carbonyl (C=O) groups is 2. The Balaban J connectivity index is -0.000000142. The third-order valence-electron chi connectivity index (χ3n) is 1.38. The predicted octanol–water partition coefficient (Wildman–Crippen LogP) is 2.24. The summed E-state index contributed by atoms with van der Waals surface area (Å²) in [4.78, 5) is 20.7. The van der Waals surface area contributed by atoms with Gasteiger partial charge in [0, 0.05) is 40.0 Å². The summed E-state index contributed by atoms with van der Waals surface area (Å²) in [6, 6.07) is 5.02. The van der Waals surface area contributed by atoms with Gasteiger partial charge in [0.1, 0.15) is 0 Å². The number of carboxylic acids is 2. The van der Waals surface area contributed by atoms with Gasteiger partial charge in [0.05, 0.1) is 11.1 Å². The van der Waals surface area contributed by atoms with Crippen molar-refractivity contribution in [1.29, 1.82) is 0 Å². The first-order chi connectivity index (χ1) is 10.8. The van der Waals surface area contributed by atoms with E-state index >= 15 is 0 Å². The van der Waals surface area contributed by atoms with E-state index in [9.17, 15) is 9.59 Å². The van der Waals surface area contributed by atoms with E-state index in [4.69, 9.17) is 25.5 Å². The summed E-state index contributed by atoms with van der Waals surface area (Å²) in [5.74, 6) is -2.13. The molecule has 0 heterocycles.